The van der Waals surface area contributed by atoms with Gasteiger partial charge in [-0.1, -0.05) is 35.3 Å². The molecule has 26 heavy (non-hydrogen) atoms. The third kappa shape index (κ3) is 4.31. The van der Waals surface area contributed by atoms with Gasteiger partial charge in [-0.15, -0.1) is 0 Å². The summed E-state index contributed by atoms with van der Waals surface area (Å²) in [5.74, 6) is -0.0329. The summed E-state index contributed by atoms with van der Waals surface area (Å²) in [4.78, 5) is 20.9. The van der Waals surface area contributed by atoms with Gasteiger partial charge in [-0.3, -0.25) is 4.79 Å². The van der Waals surface area contributed by atoms with Crippen LogP contribution >= 0.6 is 23.2 Å². The van der Waals surface area contributed by atoms with E-state index in [0.717, 1.165) is 16.8 Å². The summed E-state index contributed by atoms with van der Waals surface area (Å²) in [6, 6.07) is 12.3. The molecule has 1 amide bonds. The molecule has 0 aliphatic rings. The van der Waals surface area contributed by atoms with Crippen LogP contribution in [0.2, 0.25) is 10.0 Å². The van der Waals surface area contributed by atoms with Crippen molar-refractivity contribution in [3.05, 3.63) is 75.5 Å². The first-order valence-corrected chi connectivity index (χ1v) is 8.62. The molecule has 0 saturated carbocycles. The molecule has 0 spiro atoms. The molecule has 0 atom stereocenters. The Labute approximate surface area is 161 Å². The average molecular weight is 387 g/mol. The molecule has 7 heteroatoms. The maximum absolute atomic E-state index is 12.5. The van der Waals surface area contributed by atoms with E-state index in [-0.39, 0.29) is 11.6 Å². The molecular formula is C19H16Cl2N4O. The Kier molecular flexibility index (Phi) is 5.40. The molecule has 3 aromatic rings. The number of rotatable bonds is 4. The van der Waals surface area contributed by atoms with E-state index in [1.54, 1.807) is 30.3 Å². The van der Waals surface area contributed by atoms with Crippen LogP contribution in [-0.2, 0) is 0 Å². The zero-order valence-corrected chi connectivity index (χ0v) is 15.7. The van der Waals surface area contributed by atoms with Gasteiger partial charge < -0.3 is 10.6 Å². The highest BCUT2D eigenvalue weighted by molar-refractivity contribution is 6.31. The summed E-state index contributed by atoms with van der Waals surface area (Å²) in [6.07, 6.45) is 1.52. The standard InChI is InChI=1S/C19H16Cl2N4O/c1-11-3-5-13(20)9-16(11)23-18(26)15-7-8-22-19(24-15)25-17-10-14(21)6-4-12(17)2/h3-10H,1-2H3,(H,23,26)(H,22,24,25). The van der Waals surface area contributed by atoms with Gasteiger partial charge in [-0.2, -0.15) is 0 Å². The second-order valence-corrected chi connectivity index (χ2v) is 6.64. The summed E-state index contributed by atoms with van der Waals surface area (Å²) in [6.45, 7) is 3.83. The van der Waals surface area contributed by atoms with Crippen molar-refractivity contribution in [3.63, 3.8) is 0 Å². The maximum atomic E-state index is 12.5. The van der Waals surface area contributed by atoms with Crippen LogP contribution in [0, 0.1) is 13.8 Å². The fourth-order valence-electron chi connectivity index (χ4n) is 2.31. The fourth-order valence-corrected chi connectivity index (χ4v) is 2.65. The van der Waals surface area contributed by atoms with Gasteiger partial charge in [0.15, 0.2) is 0 Å². The van der Waals surface area contributed by atoms with Crippen molar-refractivity contribution in [1.82, 2.24) is 9.97 Å². The van der Waals surface area contributed by atoms with Crippen molar-refractivity contribution in [3.8, 4) is 0 Å². The lowest BCUT2D eigenvalue weighted by molar-refractivity contribution is 0.102. The lowest BCUT2D eigenvalue weighted by atomic mass is 10.2. The summed E-state index contributed by atoms with van der Waals surface area (Å²) in [7, 11) is 0. The predicted molar refractivity (Wildman–Crippen MR) is 106 cm³/mol. The number of carbonyl (C=O) groups excluding carboxylic acids is 1. The van der Waals surface area contributed by atoms with E-state index in [9.17, 15) is 4.79 Å². The maximum Gasteiger partial charge on any atom is 0.274 e. The lowest BCUT2D eigenvalue weighted by Gasteiger charge is -2.11. The van der Waals surface area contributed by atoms with Crippen LogP contribution in [-0.4, -0.2) is 15.9 Å². The molecule has 3 rings (SSSR count). The van der Waals surface area contributed by atoms with Crippen molar-refractivity contribution in [2.24, 2.45) is 0 Å². The highest BCUT2D eigenvalue weighted by Gasteiger charge is 2.12. The number of anilines is 3. The largest absolute Gasteiger partial charge is 0.324 e. The van der Waals surface area contributed by atoms with E-state index < -0.39 is 0 Å². The van der Waals surface area contributed by atoms with E-state index in [4.69, 9.17) is 23.2 Å². The van der Waals surface area contributed by atoms with Crippen LogP contribution in [0.3, 0.4) is 0 Å². The first-order valence-electron chi connectivity index (χ1n) is 7.86. The highest BCUT2D eigenvalue weighted by atomic mass is 35.5. The molecule has 1 heterocycles. The third-order valence-electron chi connectivity index (χ3n) is 3.78. The first kappa shape index (κ1) is 18.2. The Morgan fingerprint density at radius 1 is 0.923 bits per heavy atom. The van der Waals surface area contributed by atoms with Crippen LogP contribution in [0.5, 0.6) is 0 Å². The topological polar surface area (TPSA) is 66.9 Å². The monoisotopic (exact) mass is 386 g/mol. The van der Waals surface area contributed by atoms with Gasteiger partial charge in [0.1, 0.15) is 5.69 Å². The van der Waals surface area contributed by atoms with Gasteiger partial charge in [0.25, 0.3) is 5.91 Å². The van der Waals surface area contributed by atoms with Crippen molar-refractivity contribution in [2.75, 3.05) is 10.6 Å². The minimum atomic E-state index is -0.344. The Hall–Kier alpha value is -2.63. The van der Waals surface area contributed by atoms with Gasteiger partial charge in [0.2, 0.25) is 5.95 Å². The number of amides is 1. The summed E-state index contributed by atoms with van der Waals surface area (Å²) in [5, 5.41) is 7.05. The Bertz CT molecular complexity index is 976. The molecule has 132 valence electrons. The highest BCUT2D eigenvalue weighted by Crippen LogP contribution is 2.23. The van der Waals surface area contributed by atoms with Gasteiger partial charge in [0, 0.05) is 27.6 Å². The van der Waals surface area contributed by atoms with Crippen LogP contribution in [0.25, 0.3) is 0 Å². The van der Waals surface area contributed by atoms with Crippen molar-refractivity contribution < 1.29 is 4.79 Å². The minimum absolute atomic E-state index is 0.238. The second-order valence-electron chi connectivity index (χ2n) is 5.76. The Morgan fingerprint density at radius 3 is 2.23 bits per heavy atom. The zero-order chi connectivity index (χ0) is 18.7. The number of nitrogens with zero attached hydrogens (tertiary/aromatic N) is 2. The number of nitrogens with one attached hydrogen (secondary N) is 2. The Balaban J connectivity index is 1.81. The molecule has 0 aliphatic heterocycles. The molecule has 0 aliphatic carbocycles. The van der Waals surface area contributed by atoms with Crippen LogP contribution in [0.1, 0.15) is 21.6 Å². The fraction of sp³-hybridized carbons (Fsp3) is 0.105. The van der Waals surface area contributed by atoms with Gasteiger partial charge in [-0.25, -0.2) is 9.97 Å². The first-order chi connectivity index (χ1) is 12.4. The lowest BCUT2D eigenvalue weighted by Crippen LogP contribution is -2.15. The smallest absolute Gasteiger partial charge is 0.274 e. The number of benzene rings is 2. The van der Waals surface area contributed by atoms with Gasteiger partial charge >= 0.3 is 0 Å². The molecule has 2 aromatic carbocycles. The second kappa shape index (κ2) is 7.72. The van der Waals surface area contributed by atoms with Gasteiger partial charge in [0.05, 0.1) is 0 Å². The normalized spacial score (nSPS) is 10.5. The number of aryl methyl sites for hydroxylation is 2. The molecule has 0 unspecified atom stereocenters. The Morgan fingerprint density at radius 2 is 1.54 bits per heavy atom. The number of hydrogen-bond donors (Lipinski definition) is 2. The summed E-state index contributed by atoms with van der Waals surface area (Å²) in [5.41, 5.74) is 3.55. The minimum Gasteiger partial charge on any atom is -0.324 e. The van der Waals surface area contributed by atoms with E-state index in [1.165, 1.54) is 6.20 Å². The summed E-state index contributed by atoms with van der Waals surface area (Å²) < 4.78 is 0. The van der Waals surface area contributed by atoms with Gasteiger partial charge in [-0.05, 0) is 55.3 Å². The SMILES string of the molecule is Cc1ccc(Cl)cc1NC(=O)c1ccnc(Nc2cc(Cl)ccc2C)n1. The molecular weight excluding hydrogens is 371 g/mol. The number of carbonyl (C=O) groups is 1. The van der Waals surface area contributed by atoms with E-state index in [0.29, 0.717) is 21.7 Å². The summed E-state index contributed by atoms with van der Waals surface area (Å²) >= 11 is 12.0. The van der Waals surface area contributed by atoms with Crippen LogP contribution < -0.4 is 10.6 Å². The number of halogens is 2. The van der Waals surface area contributed by atoms with Crippen molar-refractivity contribution in [2.45, 2.75) is 13.8 Å². The molecule has 0 radical (unpaired) electrons. The molecule has 0 fully saturated rings. The molecule has 0 bridgehead atoms. The van der Waals surface area contributed by atoms with E-state index in [1.807, 2.05) is 26.0 Å². The number of aromatic nitrogens is 2. The quantitative estimate of drug-likeness (QED) is 0.629. The van der Waals surface area contributed by atoms with Crippen molar-refractivity contribution >= 4 is 46.4 Å². The molecule has 0 saturated heterocycles. The molecule has 2 N–H and O–H groups in total. The van der Waals surface area contributed by atoms with Crippen molar-refractivity contribution in [1.29, 1.82) is 0 Å². The molecule has 5 nitrogen and oxygen atoms in total. The van der Waals surface area contributed by atoms with E-state index in [2.05, 4.69) is 20.6 Å². The van der Waals surface area contributed by atoms with Crippen LogP contribution in [0.15, 0.2) is 48.7 Å². The zero-order valence-electron chi connectivity index (χ0n) is 14.2. The average Bonchev–Trinajstić information content (AvgIpc) is 2.61. The van der Waals surface area contributed by atoms with E-state index >= 15 is 0 Å². The predicted octanol–water partition coefficient (Wildman–Crippen LogP) is 5.40. The third-order valence-corrected chi connectivity index (χ3v) is 4.25. The number of hydrogen-bond acceptors (Lipinski definition) is 4. The van der Waals surface area contributed by atoms with Crippen LogP contribution in [0.4, 0.5) is 17.3 Å². The molecule has 1 aromatic heterocycles.